The first kappa shape index (κ1) is 15.5. The minimum atomic E-state index is 0.201. The van der Waals surface area contributed by atoms with Crippen molar-refractivity contribution in [1.82, 2.24) is 10.2 Å². The molecule has 112 valence electrons. The fourth-order valence-electron chi connectivity index (χ4n) is 3.19. The van der Waals surface area contributed by atoms with Crippen LogP contribution in [0.25, 0.3) is 0 Å². The summed E-state index contributed by atoms with van der Waals surface area (Å²) in [6, 6.07) is 12.1. The van der Waals surface area contributed by atoms with Gasteiger partial charge < -0.3 is 5.32 Å². The van der Waals surface area contributed by atoms with Crippen molar-refractivity contribution in [1.29, 1.82) is 0 Å². The van der Waals surface area contributed by atoms with Crippen LogP contribution in [0.5, 0.6) is 0 Å². The Morgan fingerprint density at radius 3 is 2.50 bits per heavy atom. The topological polar surface area (TPSA) is 15.3 Å². The van der Waals surface area contributed by atoms with Gasteiger partial charge in [-0.3, -0.25) is 4.90 Å². The number of piperazine rings is 1. The fourth-order valence-corrected chi connectivity index (χ4v) is 3.19. The van der Waals surface area contributed by atoms with Crippen molar-refractivity contribution in [2.45, 2.75) is 58.7 Å². The molecule has 3 unspecified atom stereocenters. The minimum absolute atomic E-state index is 0.201. The molecule has 2 heteroatoms. The maximum absolute atomic E-state index is 3.71. The van der Waals surface area contributed by atoms with E-state index in [0.29, 0.717) is 12.1 Å². The molecule has 3 atom stereocenters. The lowest BCUT2D eigenvalue weighted by Gasteiger charge is -2.49. The molecule has 0 radical (unpaired) electrons. The van der Waals surface area contributed by atoms with Crippen LogP contribution in [0.4, 0.5) is 0 Å². The van der Waals surface area contributed by atoms with Crippen molar-refractivity contribution in [3.05, 3.63) is 35.9 Å². The number of nitrogens with zero attached hydrogens (tertiary/aromatic N) is 1. The number of rotatable bonds is 4. The summed E-state index contributed by atoms with van der Waals surface area (Å²) >= 11 is 0. The van der Waals surface area contributed by atoms with E-state index in [0.717, 1.165) is 19.0 Å². The quantitative estimate of drug-likeness (QED) is 0.897. The average Bonchev–Trinajstić information content (AvgIpc) is 2.45. The molecule has 20 heavy (non-hydrogen) atoms. The Balaban J connectivity index is 2.25. The van der Waals surface area contributed by atoms with E-state index in [9.17, 15) is 0 Å². The molecule has 1 N–H and O–H groups in total. The molecule has 1 aliphatic rings. The molecule has 1 fully saturated rings. The lowest BCUT2D eigenvalue weighted by Crippen LogP contribution is -2.60. The van der Waals surface area contributed by atoms with E-state index in [-0.39, 0.29) is 5.54 Å². The van der Waals surface area contributed by atoms with Gasteiger partial charge in [0.2, 0.25) is 0 Å². The highest BCUT2D eigenvalue weighted by Gasteiger charge is 2.36. The second kappa shape index (κ2) is 6.28. The molecular weight excluding hydrogens is 244 g/mol. The van der Waals surface area contributed by atoms with Gasteiger partial charge in [-0.25, -0.2) is 0 Å². The van der Waals surface area contributed by atoms with Gasteiger partial charge in [-0.2, -0.15) is 0 Å². The summed E-state index contributed by atoms with van der Waals surface area (Å²) in [6.07, 6.45) is 1.24. The average molecular weight is 274 g/mol. The predicted octanol–water partition coefficient (Wildman–Crippen LogP) is 3.85. The lowest BCUT2D eigenvalue weighted by atomic mass is 9.89. The Kier molecular flexibility index (Phi) is 4.87. The highest BCUT2D eigenvalue weighted by atomic mass is 15.3. The number of nitrogens with one attached hydrogen (secondary N) is 1. The van der Waals surface area contributed by atoms with Crippen LogP contribution in [0.3, 0.4) is 0 Å². The zero-order valence-corrected chi connectivity index (χ0v) is 13.7. The van der Waals surface area contributed by atoms with E-state index >= 15 is 0 Å². The molecule has 0 spiro atoms. The predicted molar refractivity (Wildman–Crippen MR) is 86.9 cm³/mol. The van der Waals surface area contributed by atoms with Crippen LogP contribution in [-0.2, 0) is 0 Å². The highest BCUT2D eigenvalue weighted by molar-refractivity contribution is 5.21. The third-order valence-electron chi connectivity index (χ3n) is 4.93. The normalized spacial score (nSPS) is 26.1. The minimum Gasteiger partial charge on any atom is -0.309 e. The van der Waals surface area contributed by atoms with Crippen molar-refractivity contribution < 1.29 is 0 Å². The monoisotopic (exact) mass is 274 g/mol. The van der Waals surface area contributed by atoms with E-state index in [1.807, 2.05) is 0 Å². The Bertz CT molecular complexity index is 413. The second-order valence-electron chi connectivity index (χ2n) is 6.99. The van der Waals surface area contributed by atoms with Gasteiger partial charge in [-0.1, -0.05) is 50.6 Å². The van der Waals surface area contributed by atoms with Crippen LogP contribution in [-0.4, -0.2) is 29.6 Å². The summed E-state index contributed by atoms with van der Waals surface area (Å²) in [4.78, 5) is 2.71. The van der Waals surface area contributed by atoms with Crippen LogP contribution < -0.4 is 5.32 Å². The third kappa shape index (κ3) is 3.42. The first-order valence-electron chi connectivity index (χ1n) is 8.00. The van der Waals surface area contributed by atoms with Crippen molar-refractivity contribution in [3.8, 4) is 0 Å². The second-order valence-corrected chi connectivity index (χ2v) is 6.99. The molecule has 1 aromatic carbocycles. The molecule has 0 aliphatic carbocycles. The summed E-state index contributed by atoms with van der Waals surface area (Å²) in [5.41, 5.74) is 1.64. The standard InChI is InChI=1S/C18H30N2/c1-6-14(2)15(3)20-13-18(4,5)19-12-17(20)16-10-8-7-9-11-16/h7-11,14-15,17,19H,6,12-13H2,1-5H3. The van der Waals surface area contributed by atoms with Crippen molar-refractivity contribution in [3.63, 3.8) is 0 Å². The highest BCUT2D eigenvalue weighted by Crippen LogP contribution is 2.31. The van der Waals surface area contributed by atoms with Gasteiger partial charge in [0.1, 0.15) is 0 Å². The first-order chi connectivity index (χ1) is 9.44. The maximum atomic E-state index is 3.71. The van der Waals surface area contributed by atoms with Crippen LogP contribution in [0, 0.1) is 5.92 Å². The Hall–Kier alpha value is -0.860. The van der Waals surface area contributed by atoms with Gasteiger partial charge >= 0.3 is 0 Å². The van der Waals surface area contributed by atoms with Crippen molar-refractivity contribution in [2.75, 3.05) is 13.1 Å². The van der Waals surface area contributed by atoms with Gasteiger partial charge in [0.15, 0.2) is 0 Å². The third-order valence-corrected chi connectivity index (χ3v) is 4.93. The SMILES string of the molecule is CCC(C)C(C)N1CC(C)(C)NCC1c1ccccc1. The molecule has 2 nitrogen and oxygen atoms in total. The van der Waals surface area contributed by atoms with E-state index < -0.39 is 0 Å². The van der Waals surface area contributed by atoms with Crippen molar-refractivity contribution in [2.24, 2.45) is 5.92 Å². The van der Waals surface area contributed by atoms with Crippen LogP contribution in [0.1, 0.15) is 52.6 Å². The molecule has 1 aromatic rings. The molecule has 1 saturated heterocycles. The summed E-state index contributed by atoms with van der Waals surface area (Å²) in [6.45, 7) is 13.8. The van der Waals surface area contributed by atoms with E-state index in [2.05, 4.69) is 75.2 Å². The van der Waals surface area contributed by atoms with E-state index in [1.165, 1.54) is 12.0 Å². The van der Waals surface area contributed by atoms with Crippen molar-refractivity contribution >= 4 is 0 Å². The first-order valence-corrected chi connectivity index (χ1v) is 8.00. The number of hydrogen-bond acceptors (Lipinski definition) is 2. The van der Waals surface area contributed by atoms with Crippen LogP contribution in [0.15, 0.2) is 30.3 Å². The van der Waals surface area contributed by atoms with Gasteiger partial charge in [-0.05, 0) is 32.3 Å². The summed E-state index contributed by atoms with van der Waals surface area (Å²) in [5.74, 6) is 0.732. The molecule has 0 aromatic heterocycles. The van der Waals surface area contributed by atoms with Crippen LogP contribution >= 0.6 is 0 Å². The van der Waals surface area contributed by atoms with E-state index in [1.54, 1.807) is 0 Å². The van der Waals surface area contributed by atoms with Gasteiger partial charge in [0.25, 0.3) is 0 Å². The van der Waals surface area contributed by atoms with Gasteiger partial charge in [-0.15, -0.1) is 0 Å². The Morgan fingerprint density at radius 2 is 1.90 bits per heavy atom. The molecule has 1 aliphatic heterocycles. The van der Waals surface area contributed by atoms with Crippen LogP contribution in [0.2, 0.25) is 0 Å². The number of benzene rings is 1. The molecular formula is C18H30N2. The Labute approximate surface area is 124 Å². The maximum Gasteiger partial charge on any atom is 0.0476 e. The zero-order chi connectivity index (χ0) is 14.8. The molecule has 2 rings (SSSR count). The lowest BCUT2D eigenvalue weighted by molar-refractivity contribution is 0.0378. The molecule has 1 heterocycles. The summed E-state index contributed by atoms with van der Waals surface area (Å²) in [7, 11) is 0. The fraction of sp³-hybridized carbons (Fsp3) is 0.667. The summed E-state index contributed by atoms with van der Waals surface area (Å²) in [5, 5.41) is 3.71. The number of hydrogen-bond donors (Lipinski definition) is 1. The summed E-state index contributed by atoms with van der Waals surface area (Å²) < 4.78 is 0. The largest absolute Gasteiger partial charge is 0.309 e. The van der Waals surface area contributed by atoms with Gasteiger partial charge in [0.05, 0.1) is 0 Å². The van der Waals surface area contributed by atoms with Gasteiger partial charge in [0, 0.05) is 30.7 Å². The Morgan fingerprint density at radius 1 is 1.25 bits per heavy atom. The smallest absolute Gasteiger partial charge is 0.0476 e. The molecule has 0 amide bonds. The molecule has 0 bridgehead atoms. The van der Waals surface area contributed by atoms with E-state index in [4.69, 9.17) is 0 Å². The molecule has 0 saturated carbocycles. The zero-order valence-electron chi connectivity index (χ0n) is 13.7.